The topological polar surface area (TPSA) is 69.7 Å². The van der Waals surface area contributed by atoms with Crippen LogP contribution in [0.2, 0.25) is 5.02 Å². The Labute approximate surface area is 169 Å². The Morgan fingerprint density at radius 1 is 1.04 bits per heavy atom. The van der Waals surface area contributed by atoms with Crippen LogP contribution in [0.15, 0.2) is 48.5 Å². The van der Waals surface area contributed by atoms with Crippen molar-refractivity contribution in [1.82, 2.24) is 15.1 Å². The monoisotopic (exact) mass is 399 g/mol. The number of nitrogens with one attached hydrogen (secondary N) is 1. The first kappa shape index (κ1) is 19.9. The van der Waals surface area contributed by atoms with E-state index in [1.54, 1.807) is 6.07 Å². The lowest BCUT2D eigenvalue weighted by Crippen LogP contribution is -2.55. The van der Waals surface area contributed by atoms with Crippen molar-refractivity contribution in [3.63, 3.8) is 0 Å². The minimum Gasteiger partial charge on any atom is -0.350 e. The van der Waals surface area contributed by atoms with Crippen LogP contribution in [0.4, 0.5) is 0 Å². The van der Waals surface area contributed by atoms with E-state index >= 15 is 0 Å². The molecule has 0 saturated carbocycles. The number of hydrogen-bond acceptors (Lipinski definition) is 3. The van der Waals surface area contributed by atoms with E-state index < -0.39 is 11.8 Å². The molecule has 1 saturated heterocycles. The summed E-state index contributed by atoms with van der Waals surface area (Å²) in [6, 6.07) is 15.1. The molecule has 0 bridgehead atoms. The summed E-state index contributed by atoms with van der Waals surface area (Å²) in [7, 11) is 0. The molecule has 0 aliphatic carbocycles. The number of piperazine rings is 1. The number of carbonyl (C=O) groups excluding carboxylic acids is 3. The number of nitrogens with zero attached hydrogens (tertiary/aromatic N) is 2. The van der Waals surface area contributed by atoms with Crippen LogP contribution in [0, 0.1) is 6.92 Å². The molecule has 0 radical (unpaired) electrons. The molecule has 0 unspecified atom stereocenters. The smallest absolute Gasteiger partial charge is 0.312 e. The number of aryl methyl sites for hydroxylation is 1. The zero-order valence-electron chi connectivity index (χ0n) is 15.7. The quantitative estimate of drug-likeness (QED) is 0.756. The molecule has 6 nitrogen and oxygen atoms in total. The van der Waals surface area contributed by atoms with Gasteiger partial charge in [-0.25, -0.2) is 0 Å². The standard InChI is InChI=1S/C21H22ClN3O3/c1-15-5-4-6-16(11-15)13-24-9-10-25(21(28)20(24)27)14-19(26)23-12-17-7-2-3-8-18(17)22/h2-8,11H,9-10,12-14H2,1H3,(H,23,26). The maximum absolute atomic E-state index is 12.4. The third-order valence-electron chi connectivity index (χ3n) is 4.62. The molecular weight excluding hydrogens is 378 g/mol. The summed E-state index contributed by atoms with van der Waals surface area (Å²) in [6.07, 6.45) is 0. The minimum absolute atomic E-state index is 0.146. The van der Waals surface area contributed by atoms with Crippen molar-refractivity contribution in [2.75, 3.05) is 19.6 Å². The number of rotatable bonds is 6. The molecule has 1 aliphatic rings. The SMILES string of the molecule is Cc1cccc(CN2CCN(CC(=O)NCc3ccccc3Cl)C(=O)C2=O)c1. The summed E-state index contributed by atoms with van der Waals surface area (Å²) in [5.74, 6) is -1.55. The molecule has 2 aromatic carbocycles. The second kappa shape index (κ2) is 8.89. The lowest BCUT2D eigenvalue weighted by molar-refractivity contribution is -0.157. The minimum atomic E-state index is -0.646. The first-order valence-electron chi connectivity index (χ1n) is 9.08. The highest BCUT2D eigenvalue weighted by atomic mass is 35.5. The highest BCUT2D eigenvalue weighted by molar-refractivity contribution is 6.35. The Balaban J connectivity index is 1.52. The highest BCUT2D eigenvalue weighted by Crippen LogP contribution is 2.15. The van der Waals surface area contributed by atoms with E-state index in [9.17, 15) is 14.4 Å². The molecule has 1 heterocycles. The van der Waals surface area contributed by atoms with Gasteiger partial charge >= 0.3 is 11.8 Å². The number of carbonyl (C=O) groups is 3. The largest absolute Gasteiger partial charge is 0.350 e. The Hall–Kier alpha value is -2.86. The van der Waals surface area contributed by atoms with Crippen molar-refractivity contribution in [2.24, 2.45) is 0 Å². The normalized spacial score (nSPS) is 14.4. The fraction of sp³-hybridized carbons (Fsp3) is 0.286. The van der Waals surface area contributed by atoms with E-state index in [4.69, 9.17) is 11.6 Å². The zero-order chi connectivity index (χ0) is 20.1. The predicted molar refractivity (Wildman–Crippen MR) is 106 cm³/mol. The van der Waals surface area contributed by atoms with Gasteiger partial charge in [0.25, 0.3) is 0 Å². The molecule has 3 rings (SSSR count). The van der Waals surface area contributed by atoms with Gasteiger partial charge in [-0.15, -0.1) is 0 Å². The summed E-state index contributed by atoms with van der Waals surface area (Å²) in [6.45, 7) is 3.22. The molecule has 0 atom stereocenters. The van der Waals surface area contributed by atoms with Crippen LogP contribution < -0.4 is 5.32 Å². The molecule has 3 amide bonds. The van der Waals surface area contributed by atoms with Gasteiger partial charge in [-0.1, -0.05) is 59.6 Å². The average molecular weight is 400 g/mol. The van der Waals surface area contributed by atoms with Crippen LogP contribution in [0.25, 0.3) is 0 Å². The third kappa shape index (κ3) is 4.89. The van der Waals surface area contributed by atoms with Gasteiger partial charge in [-0.2, -0.15) is 0 Å². The first-order chi connectivity index (χ1) is 13.4. The number of halogens is 1. The fourth-order valence-electron chi connectivity index (χ4n) is 3.11. The number of benzene rings is 2. The van der Waals surface area contributed by atoms with Crippen molar-refractivity contribution in [3.05, 3.63) is 70.2 Å². The number of hydrogen-bond donors (Lipinski definition) is 1. The summed E-state index contributed by atoms with van der Waals surface area (Å²) in [5.41, 5.74) is 2.88. The second-order valence-corrected chi connectivity index (χ2v) is 7.22. The summed E-state index contributed by atoms with van der Waals surface area (Å²) in [5, 5.41) is 3.31. The molecule has 7 heteroatoms. The van der Waals surface area contributed by atoms with Crippen LogP contribution >= 0.6 is 11.6 Å². The molecule has 28 heavy (non-hydrogen) atoms. The molecule has 1 fully saturated rings. The lowest BCUT2D eigenvalue weighted by atomic mass is 10.1. The first-order valence-corrected chi connectivity index (χ1v) is 9.45. The Morgan fingerprint density at radius 3 is 2.50 bits per heavy atom. The van der Waals surface area contributed by atoms with Crippen molar-refractivity contribution in [2.45, 2.75) is 20.0 Å². The average Bonchev–Trinajstić information content (AvgIpc) is 2.67. The second-order valence-electron chi connectivity index (χ2n) is 6.81. The van der Waals surface area contributed by atoms with E-state index in [1.807, 2.05) is 49.4 Å². The highest BCUT2D eigenvalue weighted by Gasteiger charge is 2.33. The van der Waals surface area contributed by atoms with Crippen LogP contribution in [-0.2, 0) is 27.5 Å². The molecule has 1 aliphatic heterocycles. The van der Waals surface area contributed by atoms with Gasteiger partial charge in [0.15, 0.2) is 0 Å². The van der Waals surface area contributed by atoms with E-state index in [2.05, 4.69) is 5.32 Å². The van der Waals surface area contributed by atoms with Crippen LogP contribution in [-0.4, -0.2) is 47.2 Å². The molecular formula is C21H22ClN3O3. The van der Waals surface area contributed by atoms with Crippen LogP contribution in [0.3, 0.4) is 0 Å². The van der Waals surface area contributed by atoms with E-state index in [0.717, 1.165) is 16.7 Å². The van der Waals surface area contributed by atoms with Crippen molar-refractivity contribution in [3.8, 4) is 0 Å². The Kier molecular flexibility index (Phi) is 6.31. The van der Waals surface area contributed by atoms with E-state index in [-0.39, 0.29) is 19.0 Å². The summed E-state index contributed by atoms with van der Waals surface area (Å²) in [4.78, 5) is 39.8. The van der Waals surface area contributed by atoms with Crippen molar-refractivity contribution in [1.29, 1.82) is 0 Å². The lowest BCUT2D eigenvalue weighted by Gasteiger charge is -2.33. The van der Waals surface area contributed by atoms with Crippen molar-refractivity contribution < 1.29 is 14.4 Å². The maximum Gasteiger partial charge on any atom is 0.312 e. The van der Waals surface area contributed by atoms with Gasteiger partial charge in [0, 0.05) is 31.2 Å². The molecule has 146 valence electrons. The molecule has 1 N–H and O–H groups in total. The van der Waals surface area contributed by atoms with E-state index in [1.165, 1.54) is 9.80 Å². The van der Waals surface area contributed by atoms with Crippen LogP contribution in [0.5, 0.6) is 0 Å². The van der Waals surface area contributed by atoms with Gasteiger partial charge in [0.2, 0.25) is 5.91 Å². The molecule has 0 aromatic heterocycles. The van der Waals surface area contributed by atoms with Gasteiger partial charge in [0.05, 0.1) is 0 Å². The van der Waals surface area contributed by atoms with Crippen molar-refractivity contribution >= 4 is 29.3 Å². The van der Waals surface area contributed by atoms with Crippen LogP contribution in [0.1, 0.15) is 16.7 Å². The summed E-state index contributed by atoms with van der Waals surface area (Å²) < 4.78 is 0. The molecule has 2 aromatic rings. The predicted octanol–water partition coefficient (Wildman–Crippen LogP) is 2.14. The number of amides is 3. The van der Waals surface area contributed by atoms with E-state index in [0.29, 0.717) is 24.7 Å². The van der Waals surface area contributed by atoms with Gasteiger partial charge in [-0.05, 0) is 24.1 Å². The van der Waals surface area contributed by atoms with Gasteiger partial charge < -0.3 is 15.1 Å². The Morgan fingerprint density at radius 2 is 1.75 bits per heavy atom. The van der Waals surface area contributed by atoms with Gasteiger partial charge in [-0.3, -0.25) is 14.4 Å². The maximum atomic E-state index is 12.4. The Bertz CT molecular complexity index is 900. The van der Waals surface area contributed by atoms with Gasteiger partial charge in [0.1, 0.15) is 6.54 Å². The third-order valence-corrected chi connectivity index (χ3v) is 4.99. The fourth-order valence-corrected chi connectivity index (χ4v) is 3.32. The summed E-state index contributed by atoms with van der Waals surface area (Å²) >= 11 is 6.07. The zero-order valence-corrected chi connectivity index (χ0v) is 16.4. The molecule has 0 spiro atoms.